The summed E-state index contributed by atoms with van der Waals surface area (Å²) in [7, 11) is 0. The van der Waals surface area contributed by atoms with Crippen LogP contribution < -0.4 is 0 Å². The molecule has 0 heterocycles. The van der Waals surface area contributed by atoms with E-state index in [1.807, 2.05) is 0 Å². The number of hydrogen-bond acceptors (Lipinski definition) is 0. The van der Waals surface area contributed by atoms with Gasteiger partial charge in [-0.2, -0.15) is 22.0 Å². The van der Waals surface area contributed by atoms with Crippen molar-refractivity contribution in [3.8, 4) is 0 Å². The lowest BCUT2D eigenvalue weighted by molar-refractivity contribution is -0.312. The van der Waals surface area contributed by atoms with E-state index in [0.29, 0.717) is 12.1 Å². The molecule has 0 N–H and O–H groups in total. The standard InChI is InChI=1S/C10H4Br2F7/c11-6-1-5(2-7(12)3-6)9(16,10(17,18)19)8(14,15)4-13/h1-2H,4H2. The molecule has 19 heavy (non-hydrogen) atoms. The van der Waals surface area contributed by atoms with E-state index in [9.17, 15) is 30.7 Å². The lowest BCUT2D eigenvalue weighted by atomic mass is 9.89. The van der Waals surface area contributed by atoms with E-state index in [1.54, 1.807) is 0 Å². The molecule has 0 nitrogen and oxygen atoms in total. The lowest BCUT2D eigenvalue weighted by Crippen LogP contribution is -2.53. The maximum absolute atomic E-state index is 14.0. The largest absolute Gasteiger partial charge is 0.432 e. The summed E-state index contributed by atoms with van der Waals surface area (Å²) >= 11 is 5.41. The number of alkyl halides is 7. The van der Waals surface area contributed by atoms with E-state index >= 15 is 0 Å². The molecule has 1 rings (SSSR count). The molecule has 0 aliphatic heterocycles. The van der Waals surface area contributed by atoms with E-state index in [2.05, 4.69) is 37.9 Å². The predicted molar refractivity (Wildman–Crippen MR) is 60.4 cm³/mol. The van der Waals surface area contributed by atoms with Crippen LogP contribution >= 0.6 is 31.9 Å². The van der Waals surface area contributed by atoms with Gasteiger partial charge >= 0.3 is 12.1 Å². The average molecular weight is 417 g/mol. The molecule has 1 aromatic carbocycles. The first-order valence-electron chi connectivity index (χ1n) is 4.54. The molecule has 107 valence electrons. The van der Waals surface area contributed by atoms with Crippen LogP contribution in [0.4, 0.5) is 30.7 Å². The minimum Gasteiger partial charge on any atom is -0.244 e. The highest BCUT2D eigenvalue weighted by atomic mass is 79.9. The quantitative estimate of drug-likeness (QED) is 0.583. The van der Waals surface area contributed by atoms with E-state index in [-0.39, 0.29) is 8.95 Å². The van der Waals surface area contributed by atoms with Gasteiger partial charge < -0.3 is 0 Å². The van der Waals surface area contributed by atoms with Gasteiger partial charge in [0.05, 0.1) is 0 Å². The fourth-order valence-electron chi connectivity index (χ4n) is 1.37. The second kappa shape index (κ2) is 5.23. The van der Waals surface area contributed by atoms with Crippen LogP contribution in [-0.4, -0.2) is 18.8 Å². The Hall–Kier alpha value is -0.310. The fraction of sp³-hybridized carbons (Fsp3) is 0.400. The van der Waals surface area contributed by atoms with Crippen LogP contribution in [0.1, 0.15) is 5.56 Å². The zero-order valence-corrected chi connectivity index (χ0v) is 11.9. The molecule has 1 atom stereocenters. The van der Waals surface area contributed by atoms with Crippen molar-refractivity contribution >= 4 is 31.9 Å². The molecule has 1 aromatic rings. The van der Waals surface area contributed by atoms with Crippen molar-refractivity contribution in [2.24, 2.45) is 0 Å². The molecule has 0 amide bonds. The van der Waals surface area contributed by atoms with Crippen LogP contribution in [0.5, 0.6) is 0 Å². The zero-order valence-electron chi connectivity index (χ0n) is 8.76. The van der Waals surface area contributed by atoms with Crippen molar-refractivity contribution in [1.29, 1.82) is 0 Å². The van der Waals surface area contributed by atoms with Gasteiger partial charge in [0.2, 0.25) is 0 Å². The number of hydrogen-bond donors (Lipinski definition) is 0. The Labute approximate surface area is 120 Å². The highest BCUT2D eigenvalue weighted by Gasteiger charge is 2.72. The Morgan fingerprint density at radius 1 is 0.947 bits per heavy atom. The molecule has 0 fully saturated rings. The summed E-state index contributed by atoms with van der Waals surface area (Å²) in [4.78, 5) is 0. The van der Waals surface area contributed by atoms with Gasteiger partial charge in [-0.25, -0.2) is 8.78 Å². The first kappa shape index (κ1) is 16.7. The maximum Gasteiger partial charge on any atom is 0.432 e. The normalized spacial score (nSPS) is 16.3. The number of halogens is 9. The van der Waals surface area contributed by atoms with Crippen LogP contribution in [0, 0.1) is 6.07 Å². The highest BCUT2D eigenvalue weighted by molar-refractivity contribution is 9.11. The van der Waals surface area contributed by atoms with Crippen molar-refractivity contribution in [2.45, 2.75) is 17.8 Å². The van der Waals surface area contributed by atoms with Gasteiger partial charge in [-0.3, -0.25) is 0 Å². The molecule has 9 heteroatoms. The average Bonchev–Trinajstić information content (AvgIpc) is 2.24. The van der Waals surface area contributed by atoms with Crippen molar-refractivity contribution in [1.82, 2.24) is 0 Å². The van der Waals surface area contributed by atoms with Gasteiger partial charge in [-0.1, -0.05) is 31.9 Å². The fourth-order valence-corrected chi connectivity index (χ4v) is 2.56. The maximum atomic E-state index is 14.0. The molecule has 0 saturated carbocycles. The highest BCUT2D eigenvalue weighted by Crippen LogP contribution is 2.53. The molecule has 0 saturated heterocycles. The Morgan fingerprint density at radius 2 is 1.37 bits per heavy atom. The van der Waals surface area contributed by atoms with Crippen molar-refractivity contribution in [2.75, 3.05) is 6.67 Å². The molecular formula is C10H4Br2F7. The summed E-state index contributed by atoms with van der Waals surface area (Å²) in [6.07, 6.45) is -5.98. The summed E-state index contributed by atoms with van der Waals surface area (Å²) in [5.41, 5.74) is -6.55. The summed E-state index contributed by atoms with van der Waals surface area (Å²) < 4.78 is 90.1. The zero-order chi connectivity index (χ0) is 15.1. The Balaban J connectivity index is 3.58. The smallest absolute Gasteiger partial charge is 0.244 e. The van der Waals surface area contributed by atoms with Gasteiger partial charge in [0, 0.05) is 20.6 Å². The minimum atomic E-state index is -5.98. The third kappa shape index (κ3) is 2.91. The molecule has 0 aromatic heterocycles. The second-order valence-corrected chi connectivity index (χ2v) is 5.27. The first-order chi connectivity index (χ1) is 8.45. The van der Waals surface area contributed by atoms with E-state index in [0.717, 1.165) is 0 Å². The molecule has 0 bridgehead atoms. The Kier molecular flexibility index (Phi) is 4.61. The van der Waals surface area contributed by atoms with Gasteiger partial charge in [-0.15, -0.1) is 0 Å². The first-order valence-corrected chi connectivity index (χ1v) is 6.12. The minimum absolute atomic E-state index is 0.183. The van der Waals surface area contributed by atoms with Gasteiger partial charge in [0.1, 0.15) is 0 Å². The molecule has 0 aliphatic rings. The van der Waals surface area contributed by atoms with Crippen LogP contribution in [0.25, 0.3) is 0 Å². The van der Waals surface area contributed by atoms with Crippen LogP contribution in [0.3, 0.4) is 0 Å². The van der Waals surface area contributed by atoms with Gasteiger partial charge in [0.25, 0.3) is 5.67 Å². The van der Waals surface area contributed by atoms with Crippen molar-refractivity contribution in [3.63, 3.8) is 0 Å². The van der Waals surface area contributed by atoms with Crippen LogP contribution in [-0.2, 0) is 5.67 Å². The van der Waals surface area contributed by atoms with E-state index in [4.69, 9.17) is 0 Å². The summed E-state index contributed by atoms with van der Waals surface area (Å²) in [5, 5.41) is 0. The van der Waals surface area contributed by atoms with Crippen molar-refractivity contribution in [3.05, 3.63) is 32.7 Å². The molecule has 1 radical (unpaired) electrons. The molecule has 1 unspecified atom stereocenters. The molecular weight excluding hydrogens is 413 g/mol. The SMILES string of the molecule is FCC(F)(F)C(F)(c1cc(Br)[c]c(Br)c1)C(F)(F)F. The van der Waals surface area contributed by atoms with E-state index < -0.39 is 30.0 Å². The Morgan fingerprint density at radius 3 is 1.68 bits per heavy atom. The van der Waals surface area contributed by atoms with Crippen LogP contribution in [0.15, 0.2) is 21.1 Å². The summed E-state index contributed by atoms with van der Waals surface area (Å²) in [6.45, 7) is -2.78. The molecule has 0 aliphatic carbocycles. The summed E-state index contributed by atoms with van der Waals surface area (Å²) in [6, 6.07) is 3.31. The number of rotatable bonds is 3. The third-order valence-electron chi connectivity index (χ3n) is 2.26. The third-order valence-corrected chi connectivity index (χ3v) is 3.12. The number of benzene rings is 1. The topological polar surface area (TPSA) is 0 Å². The second-order valence-electron chi connectivity index (χ2n) is 3.56. The van der Waals surface area contributed by atoms with Gasteiger partial charge in [-0.05, 0) is 12.1 Å². The lowest BCUT2D eigenvalue weighted by Gasteiger charge is -2.34. The summed E-state index contributed by atoms with van der Waals surface area (Å²) in [5.74, 6) is -5.24. The van der Waals surface area contributed by atoms with Gasteiger partial charge in [0.15, 0.2) is 6.67 Å². The van der Waals surface area contributed by atoms with E-state index in [1.165, 1.54) is 0 Å². The monoisotopic (exact) mass is 415 g/mol. The molecule has 0 spiro atoms. The van der Waals surface area contributed by atoms with Crippen molar-refractivity contribution < 1.29 is 30.7 Å². The van der Waals surface area contributed by atoms with Crippen LogP contribution in [0.2, 0.25) is 0 Å². The Bertz CT molecular complexity index is 451. The predicted octanol–water partition coefficient (Wildman–Crippen LogP) is 5.34.